The van der Waals surface area contributed by atoms with E-state index in [0.717, 1.165) is 41.7 Å². The summed E-state index contributed by atoms with van der Waals surface area (Å²) in [5, 5.41) is 4.53. The summed E-state index contributed by atoms with van der Waals surface area (Å²) in [5.41, 5.74) is 4.79. The second-order valence-corrected chi connectivity index (χ2v) is 9.01. The van der Waals surface area contributed by atoms with Crippen molar-refractivity contribution in [3.05, 3.63) is 92.6 Å². The van der Waals surface area contributed by atoms with Crippen molar-refractivity contribution in [3.8, 4) is 0 Å². The standard InChI is InChI=1S/C24H24N4OS/c1-16-6-2-3-7-17(16)13-26-18-9-10-20-21(12-18)30-23-22(20)24(29)28(15-27-23)14-19-8-4-5-11-25-19/h2-8,11,15,18,26H,9-10,12-14H2,1H3/t18-/m0/s1. The van der Waals surface area contributed by atoms with Gasteiger partial charge < -0.3 is 5.32 Å². The first-order valence-electron chi connectivity index (χ1n) is 10.4. The van der Waals surface area contributed by atoms with Crippen molar-refractivity contribution in [2.24, 2.45) is 0 Å². The molecule has 1 aliphatic rings. The lowest BCUT2D eigenvalue weighted by Crippen LogP contribution is -2.34. The molecule has 0 spiro atoms. The maximum absolute atomic E-state index is 13.2. The Bertz CT molecular complexity index is 1250. The fraction of sp³-hybridized carbons (Fsp3) is 0.292. The van der Waals surface area contributed by atoms with E-state index in [9.17, 15) is 4.79 Å². The SMILES string of the molecule is Cc1ccccc1CN[C@H]1CCc2c(sc3ncn(Cc4ccccn4)c(=O)c23)C1. The Morgan fingerprint density at radius 1 is 1.17 bits per heavy atom. The van der Waals surface area contributed by atoms with Crippen LogP contribution in [0.25, 0.3) is 10.2 Å². The van der Waals surface area contributed by atoms with Gasteiger partial charge in [0.05, 0.1) is 24.0 Å². The van der Waals surface area contributed by atoms with Crippen LogP contribution >= 0.6 is 11.3 Å². The Balaban J connectivity index is 1.37. The van der Waals surface area contributed by atoms with Gasteiger partial charge in [-0.1, -0.05) is 30.3 Å². The average molecular weight is 417 g/mol. The van der Waals surface area contributed by atoms with Crippen LogP contribution in [0, 0.1) is 6.92 Å². The van der Waals surface area contributed by atoms with Gasteiger partial charge in [-0.15, -0.1) is 11.3 Å². The summed E-state index contributed by atoms with van der Waals surface area (Å²) in [7, 11) is 0. The molecule has 30 heavy (non-hydrogen) atoms. The second kappa shape index (κ2) is 8.13. The first-order chi connectivity index (χ1) is 14.7. The molecule has 0 radical (unpaired) electrons. The van der Waals surface area contributed by atoms with E-state index in [4.69, 9.17) is 0 Å². The van der Waals surface area contributed by atoms with E-state index in [0.29, 0.717) is 12.6 Å². The molecular weight excluding hydrogens is 392 g/mol. The fourth-order valence-electron chi connectivity index (χ4n) is 4.22. The summed E-state index contributed by atoms with van der Waals surface area (Å²) in [6, 6.07) is 14.7. The van der Waals surface area contributed by atoms with Crippen molar-refractivity contribution >= 4 is 21.6 Å². The molecule has 1 aromatic carbocycles. The van der Waals surface area contributed by atoms with E-state index < -0.39 is 0 Å². The third-order valence-corrected chi connectivity index (χ3v) is 7.10. The van der Waals surface area contributed by atoms with E-state index in [1.54, 1.807) is 28.4 Å². The fourth-order valence-corrected chi connectivity index (χ4v) is 5.47. The highest BCUT2D eigenvalue weighted by atomic mass is 32.1. The molecular formula is C24H24N4OS. The molecule has 5 rings (SSSR count). The van der Waals surface area contributed by atoms with Crippen LogP contribution in [-0.2, 0) is 25.9 Å². The summed E-state index contributed by atoms with van der Waals surface area (Å²) in [5.74, 6) is 0. The van der Waals surface area contributed by atoms with Crippen molar-refractivity contribution in [2.45, 2.75) is 45.3 Å². The van der Waals surface area contributed by atoms with Gasteiger partial charge in [0, 0.05) is 23.7 Å². The molecule has 152 valence electrons. The highest BCUT2D eigenvalue weighted by Crippen LogP contribution is 2.33. The van der Waals surface area contributed by atoms with Gasteiger partial charge in [0.2, 0.25) is 0 Å². The number of pyridine rings is 1. The van der Waals surface area contributed by atoms with E-state index in [1.165, 1.54) is 21.6 Å². The highest BCUT2D eigenvalue weighted by Gasteiger charge is 2.25. The molecule has 0 bridgehead atoms. The van der Waals surface area contributed by atoms with Crippen molar-refractivity contribution < 1.29 is 0 Å². The number of benzene rings is 1. The molecule has 1 aliphatic carbocycles. The van der Waals surface area contributed by atoms with Crippen LogP contribution in [0.4, 0.5) is 0 Å². The minimum atomic E-state index is 0.0504. The normalized spacial score (nSPS) is 16.0. The zero-order chi connectivity index (χ0) is 20.5. The molecule has 4 aromatic rings. The monoisotopic (exact) mass is 416 g/mol. The molecule has 3 heterocycles. The van der Waals surface area contributed by atoms with E-state index in [2.05, 4.69) is 46.5 Å². The molecule has 0 aliphatic heterocycles. The van der Waals surface area contributed by atoms with Gasteiger partial charge in [-0.2, -0.15) is 0 Å². The number of rotatable bonds is 5. The highest BCUT2D eigenvalue weighted by molar-refractivity contribution is 7.18. The van der Waals surface area contributed by atoms with Gasteiger partial charge in [-0.05, 0) is 55.0 Å². The van der Waals surface area contributed by atoms with E-state index in [1.807, 2.05) is 18.2 Å². The number of aromatic nitrogens is 3. The van der Waals surface area contributed by atoms with Crippen molar-refractivity contribution in [1.29, 1.82) is 0 Å². The molecule has 0 amide bonds. The van der Waals surface area contributed by atoms with Crippen LogP contribution in [-0.4, -0.2) is 20.6 Å². The van der Waals surface area contributed by atoms with Gasteiger partial charge in [-0.25, -0.2) is 4.98 Å². The number of fused-ring (bicyclic) bond motifs is 3. The summed E-state index contributed by atoms with van der Waals surface area (Å²) >= 11 is 1.68. The number of aryl methyl sites for hydroxylation is 2. The van der Waals surface area contributed by atoms with Crippen molar-refractivity contribution in [2.75, 3.05) is 0 Å². The summed E-state index contributed by atoms with van der Waals surface area (Å²) in [6.45, 7) is 3.49. The van der Waals surface area contributed by atoms with Crippen LogP contribution in [0.5, 0.6) is 0 Å². The average Bonchev–Trinajstić information content (AvgIpc) is 3.14. The van der Waals surface area contributed by atoms with Crippen molar-refractivity contribution in [3.63, 3.8) is 0 Å². The minimum Gasteiger partial charge on any atom is -0.310 e. The van der Waals surface area contributed by atoms with Gasteiger partial charge in [0.25, 0.3) is 5.56 Å². The second-order valence-electron chi connectivity index (χ2n) is 7.93. The quantitative estimate of drug-likeness (QED) is 0.537. The molecule has 0 fully saturated rings. The van der Waals surface area contributed by atoms with E-state index in [-0.39, 0.29) is 5.56 Å². The van der Waals surface area contributed by atoms with E-state index >= 15 is 0 Å². The Labute approximate surface area is 179 Å². The molecule has 0 saturated heterocycles. The Morgan fingerprint density at radius 2 is 2.03 bits per heavy atom. The van der Waals surface area contributed by atoms with Crippen LogP contribution in [0.3, 0.4) is 0 Å². The van der Waals surface area contributed by atoms with Gasteiger partial charge >= 0.3 is 0 Å². The first-order valence-corrected chi connectivity index (χ1v) is 11.2. The van der Waals surface area contributed by atoms with Gasteiger partial charge in [0.15, 0.2) is 0 Å². The lowest BCUT2D eigenvalue weighted by atomic mass is 9.93. The lowest BCUT2D eigenvalue weighted by molar-refractivity contribution is 0.462. The Hall–Kier alpha value is -2.83. The molecule has 1 N–H and O–H groups in total. The summed E-state index contributed by atoms with van der Waals surface area (Å²) in [4.78, 5) is 24.3. The predicted molar refractivity (Wildman–Crippen MR) is 121 cm³/mol. The molecule has 1 atom stereocenters. The molecule has 0 unspecified atom stereocenters. The van der Waals surface area contributed by atoms with Crippen LogP contribution in [0.2, 0.25) is 0 Å². The maximum atomic E-state index is 13.2. The number of nitrogens with zero attached hydrogens (tertiary/aromatic N) is 3. The van der Waals surface area contributed by atoms with Crippen LogP contribution in [0.1, 0.15) is 33.7 Å². The van der Waals surface area contributed by atoms with Crippen molar-refractivity contribution in [1.82, 2.24) is 19.9 Å². The minimum absolute atomic E-state index is 0.0504. The largest absolute Gasteiger partial charge is 0.310 e. The smallest absolute Gasteiger partial charge is 0.262 e. The number of hydrogen-bond acceptors (Lipinski definition) is 5. The van der Waals surface area contributed by atoms with Gasteiger partial charge in [0.1, 0.15) is 4.83 Å². The first kappa shape index (κ1) is 19.2. The Morgan fingerprint density at radius 3 is 2.87 bits per heavy atom. The summed E-state index contributed by atoms with van der Waals surface area (Å²) < 4.78 is 1.68. The van der Waals surface area contributed by atoms with Crippen LogP contribution in [0.15, 0.2) is 59.8 Å². The maximum Gasteiger partial charge on any atom is 0.262 e. The molecule has 5 nitrogen and oxygen atoms in total. The molecule has 6 heteroatoms. The van der Waals surface area contributed by atoms with Gasteiger partial charge in [-0.3, -0.25) is 14.3 Å². The predicted octanol–water partition coefficient (Wildman–Crippen LogP) is 3.86. The number of hydrogen-bond donors (Lipinski definition) is 1. The number of thiophene rings is 1. The topological polar surface area (TPSA) is 59.8 Å². The molecule has 3 aromatic heterocycles. The zero-order valence-electron chi connectivity index (χ0n) is 17.0. The number of nitrogens with one attached hydrogen (secondary N) is 1. The zero-order valence-corrected chi connectivity index (χ0v) is 17.8. The third-order valence-electron chi connectivity index (χ3n) is 5.94. The Kier molecular flexibility index (Phi) is 5.19. The van der Waals surface area contributed by atoms with Crippen LogP contribution < -0.4 is 10.9 Å². The lowest BCUT2D eigenvalue weighted by Gasteiger charge is -2.23. The summed E-state index contributed by atoms with van der Waals surface area (Å²) in [6.07, 6.45) is 6.34. The third kappa shape index (κ3) is 3.68. The molecule has 0 saturated carbocycles.